The molecule has 5 nitrogen and oxygen atoms in total. The van der Waals surface area contributed by atoms with Gasteiger partial charge in [-0.3, -0.25) is 9.36 Å². The summed E-state index contributed by atoms with van der Waals surface area (Å²) in [4.78, 5) is 18.2. The molecule has 2 heterocycles. The summed E-state index contributed by atoms with van der Waals surface area (Å²) in [5.41, 5.74) is 2.79. The number of hydrogen-bond acceptors (Lipinski definition) is 5. The second-order valence-corrected chi connectivity index (χ2v) is 8.59. The molecular formula is C22H19BrN2O3S. The van der Waals surface area contributed by atoms with Crippen LogP contribution in [0.4, 0.5) is 0 Å². The Morgan fingerprint density at radius 1 is 1.17 bits per heavy atom. The Bertz CT molecular complexity index is 1180. The van der Waals surface area contributed by atoms with Crippen LogP contribution in [0.5, 0.6) is 5.75 Å². The maximum Gasteiger partial charge on any atom is 0.262 e. The van der Waals surface area contributed by atoms with Crippen LogP contribution < -0.4 is 10.3 Å². The standard InChI is InChI=1S/C22H19BrN2O3S/c1-14-2-8-18(9-3-14)28-11-17(26)10-25-13-24-21-20(22(25)27)19(12-29-21)15-4-6-16(23)7-5-15/h2-9,12-13,17,26H,10-11H2,1H3. The highest BCUT2D eigenvalue weighted by Gasteiger charge is 2.15. The zero-order valence-corrected chi connectivity index (χ0v) is 18.1. The lowest BCUT2D eigenvalue weighted by Crippen LogP contribution is -2.30. The molecule has 7 heteroatoms. The lowest BCUT2D eigenvalue weighted by Gasteiger charge is -2.14. The first-order chi connectivity index (χ1) is 14.0. The Balaban J connectivity index is 1.55. The van der Waals surface area contributed by atoms with Crippen LogP contribution in [-0.2, 0) is 6.54 Å². The van der Waals surface area contributed by atoms with Crippen LogP contribution in [0.15, 0.2) is 69.5 Å². The third kappa shape index (κ3) is 4.42. The molecule has 0 radical (unpaired) electrons. The summed E-state index contributed by atoms with van der Waals surface area (Å²) < 4.78 is 8.05. The van der Waals surface area contributed by atoms with Crippen LogP contribution in [0.25, 0.3) is 21.3 Å². The van der Waals surface area contributed by atoms with Crippen LogP contribution in [0.2, 0.25) is 0 Å². The molecule has 0 aliphatic rings. The van der Waals surface area contributed by atoms with Crippen molar-refractivity contribution in [2.45, 2.75) is 19.6 Å². The highest BCUT2D eigenvalue weighted by atomic mass is 79.9. The molecule has 1 unspecified atom stereocenters. The fourth-order valence-corrected chi connectivity index (χ4v) is 4.22. The summed E-state index contributed by atoms with van der Waals surface area (Å²) in [5.74, 6) is 0.686. The highest BCUT2D eigenvalue weighted by molar-refractivity contribution is 9.10. The van der Waals surface area contributed by atoms with Crippen molar-refractivity contribution in [3.05, 3.63) is 80.6 Å². The normalized spacial score (nSPS) is 12.2. The Kier molecular flexibility index (Phi) is 5.80. The Labute approximate surface area is 180 Å². The van der Waals surface area contributed by atoms with Gasteiger partial charge in [-0.1, -0.05) is 45.8 Å². The van der Waals surface area contributed by atoms with E-state index in [0.29, 0.717) is 16.0 Å². The predicted octanol–water partition coefficient (Wildman–Crippen LogP) is 4.64. The van der Waals surface area contributed by atoms with E-state index in [0.717, 1.165) is 21.2 Å². The van der Waals surface area contributed by atoms with E-state index in [-0.39, 0.29) is 18.7 Å². The minimum absolute atomic E-state index is 0.0940. The van der Waals surface area contributed by atoms with Crippen molar-refractivity contribution in [1.29, 1.82) is 0 Å². The van der Waals surface area contributed by atoms with Crippen molar-refractivity contribution in [1.82, 2.24) is 9.55 Å². The van der Waals surface area contributed by atoms with Crippen LogP contribution in [0.1, 0.15) is 5.56 Å². The number of hydrogen-bond donors (Lipinski definition) is 1. The van der Waals surface area contributed by atoms with E-state index >= 15 is 0 Å². The molecule has 4 rings (SSSR count). The average Bonchev–Trinajstić information content (AvgIpc) is 3.15. The number of nitrogens with zero attached hydrogens (tertiary/aromatic N) is 2. The number of benzene rings is 2. The molecule has 0 aliphatic carbocycles. The van der Waals surface area contributed by atoms with Gasteiger partial charge < -0.3 is 9.84 Å². The number of thiophene rings is 1. The van der Waals surface area contributed by atoms with E-state index in [1.54, 1.807) is 0 Å². The molecule has 0 bridgehead atoms. The zero-order valence-electron chi connectivity index (χ0n) is 15.7. The first-order valence-electron chi connectivity index (χ1n) is 9.11. The summed E-state index contributed by atoms with van der Waals surface area (Å²) in [6, 6.07) is 15.4. The second kappa shape index (κ2) is 8.49. The Morgan fingerprint density at radius 2 is 1.90 bits per heavy atom. The Morgan fingerprint density at radius 3 is 2.62 bits per heavy atom. The van der Waals surface area contributed by atoms with Gasteiger partial charge in [0.2, 0.25) is 0 Å². The third-order valence-corrected chi connectivity index (χ3v) is 6.00. The molecule has 148 valence electrons. The predicted molar refractivity (Wildman–Crippen MR) is 120 cm³/mol. The van der Waals surface area contributed by atoms with Crippen LogP contribution in [-0.4, -0.2) is 27.4 Å². The number of rotatable bonds is 6. The monoisotopic (exact) mass is 470 g/mol. The summed E-state index contributed by atoms with van der Waals surface area (Å²) in [5, 5.41) is 12.9. The van der Waals surface area contributed by atoms with Crippen LogP contribution in [0, 0.1) is 6.92 Å². The maximum absolute atomic E-state index is 13.1. The Hall–Kier alpha value is -2.48. The number of aliphatic hydroxyl groups excluding tert-OH is 1. The molecule has 2 aromatic heterocycles. The largest absolute Gasteiger partial charge is 0.491 e. The van der Waals surface area contributed by atoms with E-state index in [4.69, 9.17) is 4.74 Å². The van der Waals surface area contributed by atoms with Gasteiger partial charge in [0.1, 0.15) is 23.3 Å². The van der Waals surface area contributed by atoms with E-state index in [1.807, 2.05) is 60.8 Å². The number of aryl methyl sites for hydroxylation is 1. The van der Waals surface area contributed by atoms with Crippen LogP contribution in [0.3, 0.4) is 0 Å². The number of ether oxygens (including phenoxy) is 1. The average molecular weight is 471 g/mol. The van der Waals surface area contributed by atoms with Crippen molar-refractivity contribution in [3.63, 3.8) is 0 Å². The quantitative estimate of drug-likeness (QED) is 0.445. The summed E-state index contributed by atoms with van der Waals surface area (Å²) in [6.07, 6.45) is 0.657. The molecule has 1 N–H and O–H groups in total. The highest BCUT2D eigenvalue weighted by Crippen LogP contribution is 2.31. The fourth-order valence-electron chi connectivity index (χ4n) is 3.05. The van der Waals surface area contributed by atoms with Crippen molar-refractivity contribution < 1.29 is 9.84 Å². The van der Waals surface area contributed by atoms with Gasteiger partial charge in [-0.2, -0.15) is 0 Å². The number of aromatic nitrogens is 2. The van der Waals surface area contributed by atoms with Crippen molar-refractivity contribution in [2.75, 3.05) is 6.61 Å². The van der Waals surface area contributed by atoms with Gasteiger partial charge in [-0.15, -0.1) is 11.3 Å². The molecule has 1 atom stereocenters. The van der Waals surface area contributed by atoms with Gasteiger partial charge in [0, 0.05) is 15.4 Å². The van der Waals surface area contributed by atoms with E-state index in [1.165, 1.54) is 22.2 Å². The molecule has 0 aliphatic heterocycles. The zero-order chi connectivity index (χ0) is 20.4. The van der Waals surface area contributed by atoms with Gasteiger partial charge in [0.25, 0.3) is 5.56 Å². The first kappa shape index (κ1) is 19.8. The number of aliphatic hydroxyl groups is 1. The molecular weight excluding hydrogens is 452 g/mol. The minimum atomic E-state index is -0.831. The first-order valence-corrected chi connectivity index (χ1v) is 10.8. The lowest BCUT2D eigenvalue weighted by molar-refractivity contribution is 0.0915. The van der Waals surface area contributed by atoms with E-state index in [2.05, 4.69) is 20.9 Å². The summed E-state index contributed by atoms with van der Waals surface area (Å²) >= 11 is 4.87. The molecule has 0 saturated heterocycles. The SMILES string of the molecule is Cc1ccc(OCC(O)Cn2cnc3scc(-c4ccc(Br)cc4)c3c2=O)cc1. The molecule has 0 saturated carbocycles. The summed E-state index contributed by atoms with van der Waals surface area (Å²) in [6.45, 7) is 2.21. The van der Waals surface area contributed by atoms with E-state index in [9.17, 15) is 9.90 Å². The molecule has 0 fully saturated rings. The molecule has 2 aromatic carbocycles. The lowest BCUT2D eigenvalue weighted by atomic mass is 10.1. The van der Waals surface area contributed by atoms with Gasteiger partial charge in [-0.05, 0) is 36.8 Å². The summed E-state index contributed by atoms with van der Waals surface area (Å²) in [7, 11) is 0. The van der Waals surface area contributed by atoms with Crippen molar-refractivity contribution >= 4 is 37.5 Å². The van der Waals surface area contributed by atoms with Gasteiger partial charge in [0.05, 0.1) is 18.3 Å². The third-order valence-electron chi connectivity index (χ3n) is 4.59. The fraction of sp³-hybridized carbons (Fsp3) is 0.182. The maximum atomic E-state index is 13.1. The van der Waals surface area contributed by atoms with E-state index < -0.39 is 6.10 Å². The molecule has 0 spiro atoms. The van der Waals surface area contributed by atoms with Crippen molar-refractivity contribution in [3.8, 4) is 16.9 Å². The smallest absolute Gasteiger partial charge is 0.262 e. The van der Waals surface area contributed by atoms with Gasteiger partial charge >= 0.3 is 0 Å². The number of fused-ring (bicyclic) bond motifs is 1. The minimum Gasteiger partial charge on any atom is -0.491 e. The topological polar surface area (TPSA) is 64.3 Å². The molecule has 0 amide bonds. The number of halogens is 1. The second-order valence-electron chi connectivity index (χ2n) is 6.82. The van der Waals surface area contributed by atoms with Crippen LogP contribution >= 0.6 is 27.3 Å². The van der Waals surface area contributed by atoms with Crippen molar-refractivity contribution in [2.24, 2.45) is 0 Å². The van der Waals surface area contributed by atoms with Gasteiger partial charge in [0.15, 0.2) is 0 Å². The van der Waals surface area contributed by atoms with Gasteiger partial charge in [-0.25, -0.2) is 4.98 Å². The molecule has 29 heavy (non-hydrogen) atoms. The molecule has 4 aromatic rings.